The van der Waals surface area contributed by atoms with Gasteiger partial charge >= 0.3 is 5.97 Å². The monoisotopic (exact) mass is 374 g/mol. The first-order valence-electron chi connectivity index (χ1n) is 9.99. The number of hydrogen-bond donors (Lipinski definition) is 1. The third-order valence-corrected chi connectivity index (χ3v) is 8.06. The van der Waals surface area contributed by atoms with E-state index in [-0.39, 0.29) is 29.4 Å². The summed E-state index contributed by atoms with van der Waals surface area (Å²) >= 11 is 0. The Bertz CT molecular complexity index is 821. The zero-order valence-corrected chi connectivity index (χ0v) is 16.2. The number of methoxy groups -OCH3 is 1. The molecule has 0 aliphatic carbocycles. The molecule has 1 unspecified atom stereocenters. The number of allylic oxidation sites excluding steroid dienone is 1. The number of cyclic esters (lactones) is 1. The molecule has 6 rings (SSSR count). The normalized spacial score (nSPS) is 54.0. The van der Waals surface area contributed by atoms with Gasteiger partial charge in [0.05, 0.1) is 30.2 Å². The Balaban J connectivity index is 1.49. The van der Waals surface area contributed by atoms with Crippen LogP contribution in [-0.4, -0.2) is 61.6 Å². The average Bonchev–Trinajstić information content (AvgIpc) is 3.34. The predicted octanol–water partition coefficient (Wildman–Crippen LogP) is 1.12. The van der Waals surface area contributed by atoms with Crippen LogP contribution in [0, 0.1) is 17.8 Å². The maximum atomic E-state index is 12.1. The van der Waals surface area contributed by atoms with Crippen molar-refractivity contribution in [1.29, 1.82) is 0 Å². The smallest absolute Gasteiger partial charge is 0.343 e. The summed E-state index contributed by atoms with van der Waals surface area (Å²) in [6, 6.07) is 0.456. The van der Waals surface area contributed by atoms with E-state index < -0.39 is 5.79 Å². The number of rotatable bonds is 3. The van der Waals surface area contributed by atoms with Gasteiger partial charge in [0.15, 0.2) is 5.76 Å². The summed E-state index contributed by atoms with van der Waals surface area (Å²) in [6.45, 7) is 5.95. The van der Waals surface area contributed by atoms with Gasteiger partial charge in [-0.2, -0.15) is 0 Å². The number of carbonyl (C=O) groups excluding carboxylic acids is 1. The number of esters is 1. The molecule has 5 bridgehead atoms. The standard InChI is InChI=1S/C20H26N2O5/c1-9-14-11-7-13-19(8-21-3)12(5-6-22(11)19)20(14,26-13)27-16(9)17-15(24-4)10(2)18(23)25-17/h9,11-14,21H,5-8H2,1-4H3/b17-16+/t9-,11-,12+,13-,14+,19+,20+/m0/s1. The molecule has 5 fully saturated rings. The van der Waals surface area contributed by atoms with Crippen LogP contribution >= 0.6 is 0 Å². The first-order chi connectivity index (χ1) is 13.0. The molecule has 0 aromatic heterocycles. The minimum Gasteiger partial charge on any atom is -0.492 e. The van der Waals surface area contributed by atoms with Crippen molar-refractivity contribution in [3.8, 4) is 0 Å². The summed E-state index contributed by atoms with van der Waals surface area (Å²) in [5.41, 5.74) is 0.535. The van der Waals surface area contributed by atoms with Crippen LogP contribution in [0.5, 0.6) is 0 Å². The predicted molar refractivity (Wildman–Crippen MR) is 94.0 cm³/mol. The topological polar surface area (TPSA) is 69.3 Å². The van der Waals surface area contributed by atoms with Crippen LogP contribution in [0.4, 0.5) is 0 Å². The van der Waals surface area contributed by atoms with Gasteiger partial charge in [0.2, 0.25) is 11.5 Å². The largest absolute Gasteiger partial charge is 0.492 e. The highest BCUT2D eigenvalue weighted by atomic mass is 16.7. The number of piperidine rings is 1. The van der Waals surface area contributed by atoms with E-state index in [0.29, 0.717) is 29.1 Å². The zero-order valence-electron chi connectivity index (χ0n) is 16.2. The van der Waals surface area contributed by atoms with Gasteiger partial charge < -0.3 is 24.3 Å². The van der Waals surface area contributed by atoms with Crippen LogP contribution in [0.25, 0.3) is 0 Å². The Kier molecular flexibility index (Phi) is 2.96. The molecule has 146 valence electrons. The fraction of sp³-hybridized carbons (Fsp3) is 0.750. The number of hydrogen-bond acceptors (Lipinski definition) is 7. The van der Waals surface area contributed by atoms with Crippen LogP contribution < -0.4 is 5.32 Å². The highest BCUT2D eigenvalue weighted by Gasteiger charge is 2.84. The third kappa shape index (κ3) is 1.54. The Morgan fingerprint density at radius 3 is 2.96 bits per heavy atom. The van der Waals surface area contributed by atoms with Crippen LogP contribution in [0.2, 0.25) is 0 Å². The molecule has 0 radical (unpaired) electrons. The molecule has 7 nitrogen and oxygen atoms in total. The zero-order chi connectivity index (χ0) is 18.7. The first-order valence-corrected chi connectivity index (χ1v) is 9.99. The fourth-order valence-corrected chi connectivity index (χ4v) is 7.32. The molecule has 27 heavy (non-hydrogen) atoms. The van der Waals surface area contributed by atoms with Crippen LogP contribution in [0.15, 0.2) is 22.9 Å². The molecule has 0 aromatic rings. The number of carbonyl (C=O) groups is 1. The van der Waals surface area contributed by atoms with E-state index in [1.165, 1.54) is 0 Å². The van der Waals surface area contributed by atoms with Crippen LogP contribution in [-0.2, 0) is 23.7 Å². The van der Waals surface area contributed by atoms with Gasteiger partial charge in [-0.3, -0.25) is 4.90 Å². The van der Waals surface area contributed by atoms with Crippen molar-refractivity contribution in [2.24, 2.45) is 17.8 Å². The number of nitrogens with zero attached hydrogens (tertiary/aromatic N) is 1. The molecule has 1 N–H and O–H groups in total. The van der Waals surface area contributed by atoms with Crippen molar-refractivity contribution in [2.75, 3.05) is 27.2 Å². The van der Waals surface area contributed by atoms with Gasteiger partial charge in [0, 0.05) is 24.4 Å². The van der Waals surface area contributed by atoms with Gasteiger partial charge in [-0.1, -0.05) is 6.92 Å². The van der Waals surface area contributed by atoms with Gasteiger partial charge in [0.1, 0.15) is 5.76 Å². The molecule has 6 heterocycles. The second-order valence-corrected chi connectivity index (χ2v) is 8.84. The fourth-order valence-electron chi connectivity index (χ4n) is 7.32. The molecular formula is C20H26N2O5. The molecule has 8 atom stereocenters. The number of likely N-dealkylation sites (N-methyl/N-ethyl adjacent to an activating group) is 1. The Morgan fingerprint density at radius 1 is 1.41 bits per heavy atom. The van der Waals surface area contributed by atoms with E-state index in [1.54, 1.807) is 14.0 Å². The highest BCUT2D eigenvalue weighted by Crippen LogP contribution is 2.72. The second-order valence-electron chi connectivity index (χ2n) is 8.84. The van der Waals surface area contributed by atoms with E-state index in [2.05, 4.69) is 17.1 Å². The lowest BCUT2D eigenvalue weighted by molar-refractivity contribution is -0.255. The Morgan fingerprint density at radius 2 is 2.22 bits per heavy atom. The lowest BCUT2D eigenvalue weighted by atomic mass is 9.71. The number of fused-ring (bicyclic) bond motifs is 1. The Labute approximate surface area is 158 Å². The summed E-state index contributed by atoms with van der Waals surface area (Å²) < 4.78 is 24.4. The molecule has 0 saturated carbocycles. The molecule has 5 saturated heterocycles. The van der Waals surface area contributed by atoms with E-state index >= 15 is 0 Å². The number of ether oxygens (including phenoxy) is 4. The van der Waals surface area contributed by atoms with E-state index in [4.69, 9.17) is 18.9 Å². The van der Waals surface area contributed by atoms with Crippen molar-refractivity contribution in [2.45, 2.75) is 50.2 Å². The van der Waals surface area contributed by atoms with E-state index in [9.17, 15) is 4.79 Å². The summed E-state index contributed by atoms with van der Waals surface area (Å²) in [6.07, 6.45) is 2.36. The van der Waals surface area contributed by atoms with Gasteiger partial charge in [-0.05, 0) is 33.4 Å². The highest BCUT2D eigenvalue weighted by molar-refractivity contribution is 5.93. The molecule has 1 spiro atoms. The lowest BCUT2D eigenvalue weighted by Crippen LogP contribution is -2.63. The summed E-state index contributed by atoms with van der Waals surface area (Å²) in [4.78, 5) is 14.8. The van der Waals surface area contributed by atoms with Gasteiger partial charge in [-0.25, -0.2) is 4.79 Å². The SMILES string of the molecule is CNC[C@]12[C@@H]3C[C@H]4[C@H]5[C@H](C)/C(=C6\OC(=O)C(C)=C6OC)O[C@]5(O3)[C@@H]1CCN42. The van der Waals surface area contributed by atoms with E-state index in [0.717, 1.165) is 31.7 Å². The maximum absolute atomic E-state index is 12.1. The van der Waals surface area contributed by atoms with Crippen LogP contribution in [0.3, 0.4) is 0 Å². The minimum atomic E-state index is -0.596. The summed E-state index contributed by atoms with van der Waals surface area (Å²) in [5.74, 6) is 1.42. The molecule has 0 amide bonds. The Hall–Kier alpha value is -1.57. The number of nitrogens with one attached hydrogen (secondary N) is 1. The minimum absolute atomic E-state index is 0.0396. The van der Waals surface area contributed by atoms with Crippen molar-refractivity contribution < 1.29 is 23.7 Å². The van der Waals surface area contributed by atoms with E-state index in [1.807, 2.05) is 7.05 Å². The summed E-state index contributed by atoms with van der Waals surface area (Å²) in [7, 11) is 3.59. The lowest BCUT2D eigenvalue weighted by Gasteiger charge is -2.48. The van der Waals surface area contributed by atoms with Crippen LogP contribution in [0.1, 0.15) is 26.7 Å². The molecule has 6 aliphatic rings. The third-order valence-electron chi connectivity index (χ3n) is 8.06. The molecule has 0 aromatic carbocycles. The molecule has 6 aliphatic heterocycles. The van der Waals surface area contributed by atoms with Gasteiger partial charge in [0.25, 0.3) is 0 Å². The quantitative estimate of drug-likeness (QED) is 0.743. The molecular weight excluding hydrogens is 348 g/mol. The molecule has 7 heteroatoms. The van der Waals surface area contributed by atoms with Crippen molar-refractivity contribution in [3.63, 3.8) is 0 Å². The first kappa shape index (κ1) is 16.4. The maximum Gasteiger partial charge on any atom is 0.343 e. The summed E-state index contributed by atoms with van der Waals surface area (Å²) in [5, 5.41) is 3.41. The van der Waals surface area contributed by atoms with Crippen molar-refractivity contribution >= 4 is 5.97 Å². The van der Waals surface area contributed by atoms with Crippen molar-refractivity contribution in [1.82, 2.24) is 10.2 Å². The second kappa shape index (κ2) is 4.88. The average molecular weight is 374 g/mol. The van der Waals surface area contributed by atoms with Crippen molar-refractivity contribution in [3.05, 3.63) is 22.9 Å². The van der Waals surface area contributed by atoms with Gasteiger partial charge in [-0.15, -0.1) is 0 Å².